The van der Waals surface area contributed by atoms with Crippen molar-refractivity contribution in [2.75, 3.05) is 26.2 Å². The van der Waals surface area contributed by atoms with Gasteiger partial charge in [0.25, 0.3) is 5.91 Å². The number of amides is 1. The quantitative estimate of drug-likeness (QED) is 0.520. The molecule has 0 unspecified atom stereocenters. The van der Waals surface area contributed by atoms with E-state index in [0.717, 1.165) is 16.8 Å². The van der Waals surface area contributed by atoms with Crippen LogP contribution in [0.3, 0.4) is 0 Å². The third kappa shape index (κ3) is 3.72. The van der Waals surface area contributed by atoms with E-state index in [9.17, 15) is 4.79 Å². The van der Waals surface area contributed by atoms with Gasteiger partial charge in [-0.05, 0) is 60.9 Å². The van der Waals surface area contributed by atoms with Crippen molar-refractivity contribution in [3.05, 3.63) is 51.9 Å². The Morgan fingerprint density at radius 3 is 2.14 bits per heavy atom. The Balaban J connectivity index is 1.99. The summed E-state index contributed by atoms with van der Waals surface area (Å²) < 4.78 is 16.6. The van der Waals surface area contributed by atoms with Gasteiger partial charge in [-0.1, -0.05) is 30.0 Å². The molecule has 0 bridgehead atoms. The molecule has 1 fully saturated rings. The fraction of sp³-hybridized carbons (Fsp3) is 0.238. The molecular formula is C21H21NO4S2. The van der Waals surface area contributed by atoms with Crippen LogP contribution in [0.2, 0.25) is 0 Å². The lowest BCUT2D eigenvalue weighted by atomic mass is 10.1. The number of hydrogen-bond acceptors (Lipinski definition) is 6. The first-order chi connectivity index (χ1) is 13.4. The van der Waals surface area contributed by atoms with Gasteiger partial charge in [0.2, 0.25) is 5.75 Å². The van der Waals surface area contributed by atoms with Crippen LogP contribution in [0.1, 0.15) is 16.7 Å². The molecule has 1 aliphatic heterocycles. The Bertz CT molecular complexity index is 959. The van der Waals surface area contributed by atoms with E-state index >= 15 is 0 Å². The van der Waals surface area contributed by atoms with Gasteiger partial charge >= 0.3 is 0 Å². The van der Waals surface area contributed by atoms with Crippen LogP contribution in [-0.2, 0) is 4.79 Å². The summed E-state index contributed by atoms with van der Waals surface area (Å²) in [5, 5.41) is 0. The first kappa shape index (κ1) is 20.2. The summed E-state index contributed by atoms with van der Waals surface area (Å²) in [4.78, 5) is 15.1. The molecule has 3 rings (SSSR count). The van der Waals surface area contributed by atoms with E-state index in [0.29, 0.717) is 26.5 Å². The molecule has 0 saturated carbocycles. The first-order valence-corrected chi connectivity index (χ1v) is 9.77. The third-order valence-electron chi connectivity index (χ3n) is 4.53. The predicted molar refractivity (Wildman–Crippen MR) is 118 cm³/mol. The number of rotatable bonds is 5. The van der Waals surface area contributed by atoms with E-state index in [1.807, 2.05) is 32.0 Å². The lowest BCUT2D eigenvalue weighted by Crippen LogP contribution is -2.27. The molecule has 0 atom stereocenters. The van der Waals surface area contributed by atoms with Crippen LogP contribution in [0.15, 0.2) is 35.2 Å². The molecule has 2 aromatic carbocycles. The van der Waals surface area contributed by atoms with Crippen LogP contribution >= 0.6 is 24.0 Å². The monoisotopic (exact) mass is 415 g/mol. The smallest absolute Gasteiger partial charge is 0.270 e. The third-order valence-corrected chi connectivity index (χ3v) is 5.83. The molecule has 7 heteroatoms. The number of hydrogen-bond donors (Lipinski definition) is 0. The lowest BCUT2D eigenvalue weighted by molar-refractivity contribution is -0.113. The highest BCUT2D eigenvalue weighted by atomic mass is 32.2. The molecule has 0 N–H and O–H groups in total. The summed E-state index contributed by atoms with van der Waals surface area (Å²) >= 11 is 6.74. The maximum absolute atomic E-state index is 13.0. The second kappa shape index (κ2) is 8.24. The number of anilines is 1. The highest BCUT2D eigenvalue weighted by molar-refractivity contribution is 8.27. The summed E-state index contributed by atoms with van der Waals surface area (Å²) in [5.41, 5.74) is 3.82. The van der Waals surface area contributed by atoms with E-state index in [-0.39, 0.29) is 5.91 Å². The van der Waals surface area contributed by atoms with Crippen LogP contribution in [-0.4, -0.2) is 31.6 Å². The lowest BCUT2D eigenvalue weighted by Gasteiger charge is -2.16. The van der Waals surface area contributed by atoms with Crippen molar-refractivity contribution >= 4 is 46.0 Å². The molecule has 1 aliphatic rings. The number of aryl methyl sites for hydroxylation is 2. The summed E-state index contributed by atoms with van der Waals surface area (Å²) in [5.74, 6) is 1.41. The van der Waals surface area contributed by atoms with Gasteiger partial charge in [0.05, 0.1) is 31.9 Å². The van der Waals surface area contributed by atoms with Gasteiger partial charge < -0.3 is 14.2 Å². The van der Waals surface area contributed by atoms with Crippen molar-refractivity contribution in [3.8, 4) is 17.2 Å². The second-order valence-corrected chi connectivity index (χ2v) is 7.92. The highest BCUT2D eigenvalue weighted by Gasteiger charge is 2.33. The normalized spacial score (nSPS) is 15.3. The number of methoxy groups -OCH3 is 3. The van der Waals surface area contributed by atoms with E-state index in [1.165, 1.54) is 17.3 Å². The predicted octanol–water partition coefficient (Wildman–Crippen LogP) is 4.74. The van der Waals surface area contributed by atoms with E-state index in [1.54, 1.807) is 44.4 Å². The van der Waals surface area contributed by atoms with Crippen LogP contribution in [0.5, 0.6) is 17.2 Å². The maximum Gasteiger partial charge on any atom is 0.270 e. The fourth-order valence-electron chi connectivity index (χ4n) is 2.89. The van der Waals surface area contributed by atoms with Gasteiger partial charge in [-0.15, -0.1) is 0 Å². The fourth-order valence-corrected chi connectivity index (χ4v) is 4.19. The average molecular weight is 416 g/mol. The van der Waals surface area contributed by atoms with Gasteiger partial charge in [-0.3, -0.25) is 9.69 Å². The number of nitrogens with zero attached hydrogens (tertiary/aromatic N) is 1. The zero-order valence-corrected chi connectivity index (χ0v) is 18.0. The molecule has 1 heterocycles. The number of ether oxygens (including phenoxy) is 3. The van der Waals surface area contributed by atoms with Gasteiger partial charge in [0.15, 0.2) is 15.8 Å². The van der Waals surface area contributed by atoms with Crippen LogP contribution in [0.4, 0.5) is 5.69 Å². The van der Waals surface area contributed by atoms with Crippen LogP contribution < -0.4 is 19.1 Å². The second-order valence-electron chi connectivity index (χ2n) is 6.24. The van der Waals surface area contributed by atoms with Crippen LogP contribution in [0, 0.1) is 13.8 Å². The SMILES string of the molecule is COc1cc(/C=C2\SC(=S)N(c3ccc(C)c(C)c3)C2=O)cc(OC)c1OC. The maximum atomic E-state index is 13.0. The van der Waals surface area contributed by atoms with E-state index < -0.39 is 0 Å². The molecule has 0 spiro atoms. The first-order valence-electron chi connectivity index (χ1n) is 8.54. The minimum atomic E-state index is -0.146. The van der Waals surface area contributed by atoms with Gasteiger partial charge in [-0.2, -0.15) is 0 Å². The van der Waals surface area contributed by atoms with Crippen molar-refractivity contribution in [2.45, 2.75) is 13.8 Å². The van der Waals surface area contributed by atoms with Crippen molar-refractivity contribution in [3.63, 3.8) is 0 Å². The van der Waals surface area contributed by atoms with Gasteiger partial charge in [0.1, 0.15) is 0 Å². The molecule has 0 aromatic heterocycles. The number of thiocarbonyl (C=S) groups is 1. The van der Waals surface area contributed by atoms with E-state index in [4.69, 9.17) is 26.4 Å². The number of carbonyl (C=O) groups is 1. The minimum absolute atomic E-state index is 0.146. The van der Waals surface area contributed by atoms with E-state index in [2.05, 4.69) is 0 Å². The topological polar surface area (TPSA) is 48.0 Å². The molecule has 0 radical (unpaired) electrons. The van der Waals surface area contributed by atoms with Gasteiger partial charge in [-0.25, -0.2) is 0 Å². The summed E-state index contributed by atoms with van der Waals surface area (Å²) in [7, 11) is 4.66. The van der Waals surface area contributed by atoms with Crippen molar-refractivity contribution in [1.29, 1.82) is 0 Å². The Kier molecular flexibility index (Phi) is 5.96. The summed E-state index contributed by atoms with van der Waals surface area (Å²) in [6, 6.07) is 9.47. The molecule has 1 saturated heterocycles. The Hall–Kier alpha value is -2.51. The zero-order valence-electron chi connectivity index (χ0n) is 16.4. The Labute approximate surface area is 174 Å². The largest absolute Gasteiger partial charge is 0.493 e. The zero-order chi connectivity index (χ0) is 20.4. The number of thioether (sulfide) groups is 1. The molecule has 1 amide bonds. The molecule has 28 heavy (non-hydrogen) atoms. The molecular weight excluding hydrogens is 394 g/mol. The van der Waals surface area contributed by atoms with Crippen molar-refractivity contribution < 1.29 is 19.0 Å². The highest BCUT2D eigenvalue weighted by Crippen LogP contribution is 2.41. The molecule has 146 valence electrons. The summed E-state index contributed by atoms with van der Waals surface area (Å²) in [6.45, 7) is 4.05. The number of carbonyl (C=O) groups excluding carboxylic acids is 1. The molecule has 2 aromatic rings. The van der Waals surface area contributed by atoms with Crippen molar-refractivity contribution in [1.82, 2.24) is 0 Å². The molecule has 5 nitrogen and oxygen atoms in total. The van der Waals surface area contributed by atoms with Gasteiger partial charge in [0, 0.05) is 0 Å². The van der Waals surface area contributed by atoms with Crippen molar-refractivity contribution in [2.24, 2.45) is 0 Å². The number of benzene rings is 2. The standard InChI is InChI=1S/C21H21NO4S2/c1-12-6-7-15(8-13(12)2)22-20(23)18(28-21(22)27)11-14-9-16(24-3)19(26-5)17(10-14)25-4/h6-11H,1-5H3/b18-11-. The molecule has 0 aliphatic carbocycles. The minimum Gasteiger partial charge on any atom is -0.493 e. The van der Waals surface area contributed by atoms with Crippen LogP contribution in [0.25, 0.3) is 6.08 Å². The Morgan fingerprint density at radius 2 is 1.61 bits per heavy atom. The average Bonchev–Trinajstić information content (AvgIpc) is 2.96. The Morgan fingerprint density at radius 1 is 0.964 bits per heavy atom. The summed E-state index contributed by atoms with van der Waals surface area (Å²) in [6.07, 6.45) is 1.78.